The van der Waals surface area contributed by atoms with Crippen LogP contribution in [0.25, 0.3) is 0 Å². The summed E-state index contributed by atoms with van der Waals surface area (Å²) in [5.41, 5.74) is 1.97. The molecule has 1 saturated carbocycles. The van der Waals surface area contributed by atoms with E-state index in [1.165, 1.54) is 49.0 Å². The summed E-state index contributed by atoms with van der Waals surface area (Å²) >= 11 is 1.52. The van der Waals surface area contributed by atoms with Crippen LogP contribution in [-0.2, 0) is 6.42 Å². The second-order valence-electron chi connectivity index (χ2n) is 7.14. The predicted octanol–water partition coefficient (Wildman–Crippen LogP) is 4.02. The molecule has 2 aliphatic rings. The molecule has 26 heavy (non-hydrogen) atoms. The third kappa shape index (κ3) is 4.61. The number of anilines is 1. The van der Waals surface area contributed by atoms with Crippen LogP contribution in [0, 0.1) is 5.92 Å². The Morgan fingerprint density at radius 2 is 1.92 bits per heavy atom. The molecule has 1 aliphatic carbocycles. The van der Waals surface area contributed by atoms with E-state index < -0.39 is 0 Å². The van der Waals surface area contributed by atoms with Gasteiger partial charge in [0.15, 0.2) is 0 Å². The van der Waals surface area contributed by atoms with Crippen LogP contribution >= 0.6 is 23.7 Å². The number of carbonyl (C=O) groups excluding carboxylic acids is 1. The molecule has 4 rings (SSSR count). The second kappa shape index (κ2) is 8.93. The minimum atomic E-state index is -0.108. The summed E-state index contributed by atoms with van der Waals surface area (Å²) < 4.78 is 0. The first-order chi connectivity index (χ1) is 12.3. The Labute approximate surface area is 164 Å². The fraction of sp³-hybridized carbons (Fsp3) is 0.526. The Morgan fingerprint density at radius 1 is 1.15 bits per heavy atom. The molecule has 140 valence electrons. The van der Waals surface area contributed by atoms with Gasteiger partial charge in [-0.15, -0.1) is 22.6 Å². The molecule has 1 aromatic carbocycles. The molecule has 2 fully saturated rings. The van der Waals surface area contributed by atoms with Crippen molar-refractivity contribution in [3.05, 3.63) is 40.4 Å². The van der Waals surface area contributed by atoms with Crippen molar-refractivity contribution in [2.24, 2.45) is 5.92 Å². The summed E-state index contributed by atoms with van der Waals surface area (Å²) in [6.07, 6.45) is 7.25. The van der Waals surface area contributed by atoms with E-state index in [0.29, 0.717) is 16.6 Å². The van der Waals surface area contributed by atoms with Crippen molar-refractivity contribution in [2.45, 2.75) is 44.4 Å². The normalized spacial score (nSPS) is 20.1. The number of hydrogen-bond acceptors (Lipinski definition) is 5. The molecule has 1 amide bonds. The molecule has 0 bridgehead atoms. The number of rotatable bonds is 5. The van der Waals surface area contributed by atoms with Crippen molar-refractivity contribution in [3.63, 3.8) is 0 Å². The van der Waals surface area contributed by atoms with E-state index in [4.69, 9.17) is 0 Å². The molecule has 1 saturated heterocycles. The van der Waals surface area contributed by atoms with E-state index in [9.17, 15) is 4.79 Å². The Morgan fingerprint density at radius 3 is 2.62 bits per heavy atom. The van der Waals surface area contributed by atoms with Gasteiger partial charge in [-0.1, -0.05) is 36.3 Å². The van der Waals surface area contributed by atoms with Crippen molar-refractivity contribution in [3.8, 4) is 0 Å². The first-order valence-corrected chi connectivity index (χ1v) is 10.0. The number of aromatic nitrogens is 2. The lowest BCUT2D eigenvalue weighted by molar-refractivity contribution is 0.102. The second-order valence-corrected chi connectivity index (χ2v) is 8.15. The van der Waals surface area contributed by atoms with E-state index >= 15 is 0 Å². The van der Waals surface area contributed by atoms with E-state index in [1.807, 2.05) is 12.1 Å². The van der Waals surface area contributed by atoms with Gasteiger partial charge in [0.1, 0.15) is 5.01 Å². The van der Waals surface area contributed by atoms with Crippen molar-refractivity contribution in [1.82, 2.24) is 15.5 Å². The SMILES string of the molecule is Cl.O=C(Nc1nnc(C2CCCC2)s1)c1ccc(CC2CCNC2)cc1. The summed E-state index contributed by atoms with van der Waals surface area (Å²) in [6.45, 7) is 2.22. The quantitative estimate of drug-likeness (QED) is 0.806. The van der Waals surface area contributed by atoms with Gasteiger partial charge >= 0.3 is 0 Å². The molecule has 5 nitrogen and oxygen atoms in total. The van der Waals surface area contributed by atoms with Crippen LogP contribution in [0.4, 0.5) is 5.13 Å². The van der Waals surface area contributed by atoms with Crippen LogP contribution in [0.15, 0.2) is 24.3 Å². The van der Waals surface area contributed by atoms with Crippen molar-refractivity contribution in [1.29, 1.82) is 0 Å². The maximum absolute atomic E-state index is 12.4. The highest BCUT2D eigenvalue weighted by molar-refractivity contribution is 7.15. The lowest BCUT2D eigenvalue weighted by Crippen LogP contribution is -2.12. The Bertz CT molecular complexity index is 721. The van der Waals surface area contributed by atoms with Crippen molar-refractivity contribution in [2.75, 3.05) is 18.4 Å². The molecule has 0 radical (unpaired) electrons. The molecule has 7 heteroatoms. The van der Waals surface area contributed by atoms with E-state index in [2.05, 4.69) is 33.0 Å². The molecule has 2 N–H and O–H groups in total. The molecule has 0 spiro atoms. The minimum absolute atomic E-state index is 0. The van der Waals surface area contributed by atoms with Gasteiger partial charge in [-0.25, -0.2) is 0 Å². The smallest absolute Gasteiger partial charge is 0.257 e. The summed E-state index contributed by atoms with van der Waals surface area (Å²) in [4.78, 5) is 12.4. The highest BCUT2D eigenvalue weighted by atomic mass is 35.5. The van der Waals surface area contributed by atoms with Gasteiger partial charge in [0.25, 0.3) is 5.91 Å². The topological polar surface area (TPSA) is 66.9 Å². The third-order valence-corrected chi connectivity index (χ3v) is 6.27. The standard InChI is InChI=1S/C19H24N4OS.ClH/c24-17(21-19-23-22-18(25-19)16-3-1-2-4-16)15-7-5-13(6-8-15)11-14-9-10-20-12-14;/h5-8,14,16,20H,1-4,9-12H2,(H,21,23,24);1H. The zero-order chi connectivity index (χ0) is 17.1. The highest BCUT2D eigenvalue weighted by Gasteiger charge is 2.21. The molecule has 1 aromatic heterocycles. The maximum atomic E-state index is 12.4. The van der Waals surface area contributed by atoms with Crippen LogP contribution in [0.1, 0.15) is 59.0 Å². The van der Waals surface area contributed by atoms with Crippen LogP contribution in [0.2, 0.25) is 0 Å². The van der Waals surface area contributed by atoms with Crippen LogP contribution in [0.3, 0.4) is 0 Å². The molecule has 2 heterocycles. The van der Waals surface area contributed by atoms with Gasteiger partial charge in [-0.2, -0.15) is 0 Å². The van der Waals surface area contributed by atoms with Crippen molar-refractivity contribution >= 4 is 34.8 Å². The summed E-state index contributed by atoms with van der Waals surface area (Å²) in [6, 6.07) is 7.95. The van der Waals surface area contributed by atoms with Gasteiger partial charge in [-0.3, -0.25) is 10.1 Å². The maximum Gasteiger partial charge on any atom is 0.257 e. The fourth-order valence-electron chi connectivity index (χ4n) is 3.81. The van der Waals surface area contributed by atoms with Gasteiger partial charge < -0.3 is 5.32 Å². The monoisotopic (exact) mass is 392 g/mol. The molecular weight excluding hydrogens is 368 g/mol. The van der Waals surface area contributed by atoms with Gasteiger partial charge in [0.05, 0.1) is 0 Å². The van der Waals surface area contributed by atoms with Crippen LogP contribution in [0.5, 0.6) is 0 Å². The number of nitrogens with zero attached hydrogens (tertiary/aromatic N) is 2. The lowest BCUT2D eigenvalue weighted by Gasteiger charge is -2.08. The minimum Gasteiger partial charge on any atom is -0.316 e. The third-order valence-electron chi connectivity index (χ3n) is 5.27. The zero-order valence-corrected chi connectivity index (χ0v) is 16.4. The van der Waals surface area contributed by atoms with Gasteiger partial charge in [-0.05, 0) is 62.4 Å². The zero-order valence-electron chi connectivity index (χ0n) is 14.7. The summed E-state index contributed by atoms with van der Waals surface area (Å²) in [5, 5.41) is 16.4. The number of halogens is 1. The highest BCUT2D eigenvalue weighted by Crippen LogP contribution is 2.36. The number of hydrogen-bond donors (Lipinski definition) is 2. The average molecular weight is 393 g/mol. The average Bonchev–Trinajstić information content (AvgIpc) is 3.38. The fourth-order valence-corrected chi connectivity index (χ4v) is 4.71. The Kier molecular flexibility index (Phi) is 6.62. The molecule has 1 unspecified atom stereocenters. The Hall–Kier alpha value is -1.50. The van der Waals surface area contributed by atoms with Gasteiger partial charge in [0, 0.05) is 11.5 Å². The summed E-state index contributed by atoms with van der Waals surface area (Å²) in [7, 11) is 0. The number of amides is 1. The van der Waals surface area contributed by atoms with Crippen molar-refractivity contribution < 1.29 is 4.79 Å². The molecular formula is C19H25ClN4OS. The first-order valence-electron chi connectivity index (χ1n) is 9.22. The number of benzene rings is 1. The van der Waals surface area contributed by atoms with Crippen LogP contribution in [-0.4, -0.2) is 29.2 Å². The summed E-state index contributed by atoms with van der Waals surface area (Å²) in [5.74, 6) is 1.14. The lowest BCUT2D eigenvalue weighted by atomic mass is 9.98. The molecule has 1 aliphatic heterocycles. The van der Waals surface area contributed by atoms with E-state index in [1.54, 1.807) is 0 Å². The van der Waals surface area contributed by atoms with E-state index in [0.717, 1.165) is 30.4 Å². The Balaban J connectivity index is 0.00000196. The van der Waals surface area contributed by atoms with E-state index in [-0.39, 0.29) is 18.3 Å². The van der Waals surface area contributed by atoms with Gasteiger partial charge in [0.2, 0.25) is 5.13 Å². The molecule has 1 atom stereocenters. The predicted molar refractivity (Wildman–Crippen MR) is 107 cm³/mol. The number of nitrogens with one attached hydrogen (secondary N) is 2. The molecule has 2 aromatic rings. The van der Waals surface area contributed by atoms with Crippen LogP contribution < -0.4 is 10.6 Å². The largest absolute Gasteiger partial charge is 0.316 e. The first kappa shape index (κ1) is 19.3. The number of carbonyl (C=O) groups is 1.